The molecule has 1 amide bonds. The average Bonchev–Trinajstić information content (AvgIpc) is 2.79. The van der Waals surface area contributed by atoms with Crippen molar-refractivity contribution in [3.05, 3.63) is 41.4 Å². The quantitative estimate of drug-likeness (QED) is 0.615. The second-order valence-corrected chi connectivity index (χ2v) is 9.93. The monoisotopic (exact) mass is 482 g/mol. The number of amides is 1. The Balaban J connectivity index is 1.60. The number of rotatable bonds is 8. The molecule has 1 saturated heterocycles. The first-order valence-electron chi connectivity index (χ1n) is 10.2. The Morgan fingerprint density at radius 1 is 1.09 bits per heavy atom. The van der Waals surface area contributed by atoms with Crippen molar-refractivity contribution < 1.29 is 27.4 Å². The van der Waals surface area contributed by atoms with E-state index in [0.717, 1.165) is 12.8 Å². The Bertz CT molecular complexity index is 1050. The Kier molecular flexibility index (Phi) is 7.86. The van der Waals surface area contributed by atoms with E-state index in [1.165, 1.54) is 30.7 Å². The molecule has 10 heteroatoms. The van der Waals surface area contributed by atoms with Crippen molar-refractivity contribution in [1.29, 1.82) is 0 Å². The highest BCUT2D eigenvalue weighted by Crippen LogP contribution is 2.35. The van der Waals surface area contributed by atoms with Gasteiger partial charge in [0.15, 0.2) is 6.61 Å². The topological polar surface area (TPSA) is 94.2 Å². The number of nitrogens with zero attached hydrogens (tertiary/aromatic N) is 1. The first kappa shape index (κ1) is 24.2. The van der Waals surface area contributed by atoms with E-state index in [-0.39, 0.29) is 11.5 Å². The van der Waals surface area contributed by atoms with Gasteiger partial charge in [-0.2, -0.15) is 4.31 Å². The molecule has 32 heavy (non-hydrogen) atoms. The Labute approximate surface area is 193 Å². The van der Waals surface area contributed by atoms with Crippen LogP contribution in [0.25, 0.3) is 0 Å². The van der Waals surface area contributed by atoms with Crippen molar-refractivity contribution in [2.75, 3.05) is 39.2 Å². The largest absolute Gasteiger partial charge is 0.495 e. The second-order valence-electron chi connectivity index (χ2n) is 7.58. The van der Waals surface area contributed by atoms with Gasteiger partial charge >= 0.3 is 0 Å². The van der Waals surface area contributed by atoms with Crippen LogP contribution in [-0.2, 0) is 14.8 Å². The smallest absolute Gasteiger partial charge is 0.262 e. The summed E-state index contributed by atoms with van der Waals surface area (Å²) in [4.78, 5) is 12.5. The minimum absolute atomic E-state index is 0.210. The lowest BCUT2D eigenvalue weighted by Gasteiger charge is -2.29. The fourth-order valence-corrected chi connectivity index (χ4v) is 5.08. The minimum Gasteiger partial charge on any atom is -0.495 e. The summed E-state index contributed by atoms with van der Waals surface area (Å²) in [5.74, 6) is 1.27. The Hall–Kier alpha value is -2.49. The molecule has 174 valence electrons. The van der Waals surface area contributed by atoms with E-state index in [1.54, 1.807) is 24.3 Å². The molecular formula is C22H27ClN2O6S. The lowest BCUT2D eigenvalue weighted by atomic mass is 10.0. The van der Waals surface area contributed by atoms with Crippen molar-refractivity contribution in [3.8, 4) is 17.2 Å². The summed E-state index contributed by atoms with van der Waals surface area (Å²) >= 11 is 6.07. The summed E-state index contributed by atoms with van der Waals surface area (Å²) < 4.78 is 43.0. The van der Waals surface area contributed by atoms with Gasteiger partial charge in [0.05, 0.1) is 29.8 Å². The van der Waals surface area contributed by atoms with Gasteiger partial charge in [-0.1, -0.05) is 18.5 Å². The van der Waals surface area contributed by atoms with Crippen LogP contribution in [0.4, 0.5) is 5.69 Å². The highest BCUT2D eigenvalue weighted by atomic mass is 35.5. The standard InChI is InChI=1S/C22H27ClN2O6S/c1-15-8-10-25(11-9-15)32(27,28)17-6-4-16(5-7-17)31-14-22(26)24-19-13-20(29-2)18(23)12-21(19)30-3/h4-7,12-13,15H,8-11,14H2,1-3H3,(H,24,26). The predicted molar refractivity (Wildman–Crippen MR) is 122 cm³/mol. The van der Waals surface area contributed by atoms with Gasteiger partial charge in [0.25, 0.3) is 5.91 Å². The summed E-state index contributed by atoms with van der Waals surface area (Å²) in [6.07, 6.45) is 1.72. The molecule has 0 unspecified atom stereocenters. The minimum atomic E-state index is -3.53. The summed E-state index contributed by atoms with van der Waals surface area (Å²) in [7, 11) is -0.597. The Morgan fingerprint density at radius 2 is 1.72 bits per heavy atom. The number of ether oxygens (including phenoxy) is 3. The highest BCUT2D eigenvalue weighted by Gasteiger charge is 2.28. The number of carbonyl (C=O) groups excluding carboxylic acids is 1. The number of anilines is 1. The number of sulfonamides is 1. The normalized spacial score (nSPS) is 15.2. The van der Waals surface area contributed by atoms with E-state index in [4.69, 9.17) is 25.8 Å². The molecule has 0 aliphatic carbocycles. The number of piperidine rings is 1. The summed E-state index contributed by atoms with van der Waals surface area (Å²) in [5.41, 5.74) is 0.389. The molecular weight excluding hydrogens is 456 g/mol. The molecule has 1 fully saturated rings. The molecule has 3 rings (SSSR count). The lowest BCUT2D eigenvalue weighted by molar-refractivity contribution is -0.118. The second kappa shape index (κ2) is 10.4. The number of hydrogen-bond acceptors (Lipinski definition) is 6. The lowest BCUT2D eigenvalue weighted by Crippen LogP contribution is -2.37. The van der Waals surface area contributed by atoms with Crippen molar-refractivity contribution >= 4 is 33.2 Å². The molecule has 1 N–H and O–H groups in total. The van der Waals surface area contributed by atoms with Crippen LogP contribution in [0.1, 0.15) is 19.8 Å². The van der Waals surface area contributed by atoms with Gasteiger partial charge in [-0.25, -0.2) is 8.42 Å². The van der Waals surface area contributed by atoms with Gasteiger partial charge in [-0.3, -0.25) is 4.79 Å². The maximum Gasteiger partial charge on any atom is 0.262 e. The average molecular weight is 483 g/mol. The van der Waals surface area contributed by atoms with E-state index in [2.05, 4.69) is 12.2 Å². The summed E-state index contributed by atoms with van der Waals surface area (Å²) in [5, 5.41) is 3.04. The SMILES string of the molecule is COc1cc(NC(=O)COc2ccc(S(=O)(=O)N3CCC(C)CC3)cc2)c(OC)cc1Cl. The van der Waals surface area contributed by atoms with E-state index < -0.39 is 15.9 Å². The number of nitrogens with one attached hydrogen (secondary N) is 1. The summed E-state index contributed by atoms with van der Waals surface area (Å²) in [6, 6.07) is 9.16. The predicted octanol–water partition coefficient (Wildman–Crippen LogP) is 3.80. The Morgan fingerprint density at radius 3 is 2.31 bits per heavy atom. The fourth-order valence-electron chi connectivity index (χ4n) is 3.38. The van der Waals surface area contributed by atoms with E-state index in [1.807, 2.05) is 0 Å². The van der Waals surface area contributed by atoms with Crippen LogP contribution in [0.15, 0.2) is 41.3 Å². The van der Waals surface area contributed by atoms with Crippen LogP contribution in [0, 0.1) is 5.92 Å². The zero-order chi connectivity index (χ0) is 23.3. The van der Waals surface area contributed by atoms with Gasteiger partial charge in [0.1, 0.15) is 17.2 Å². The molecule has 0 spiro atoms. The van der Waals surface area contributed by atoms with Crippen molar-refractivity contribution in [3.63, 3.8) is 0 Å². The molecule has 0 atom stereocenters. The number of methoxy groups -OCH3 is 2. The van der Waals surface area contributed by atoms with Gasteiger partial charge in [-0.05, 0) is 43.0 Å². The fraction of sp³-hybridized carbons (Fsp3) is 0.409. The van der Waals surface area contributed by atoms with Crippen LogP contribution in [0.2, 0.25) is 5.02 Å². The van der Waals surface area contributed by atoms with Crippen molar-refractivity contribution in [1.82, 2.24) is 4.31 Å². The molecule has 1 aliphatic heterocycles. The van der Waals surface area contributed by atoms with Crippen LogP contribution in [-0.4, -0.2) is 52.5 Å². The van der Waals surface area contributed by atoms with Gasteiger partial charge < -0.3 is 19.5 Å². The van der Waals surface area contributed by atoms with Gasteiger partial charge in [0.2, 0.25) is 10.0 Å². The van der Waals surface area contributed by atoms with E-state index >= 15 is 0 Å². The third-order valence-corrected chi connectivity index (χ3v) is 7.53. The third-order valence-electron chi connectivity index (χ3n) is 5.32. The number of carbonyl (C=O) groups is 1. The molecule has 1 heterocycles. The van der Waals surface area contributed by atoms with Crippen LogP contribution < -0.4 is 19.5 Å². The number of halogens is 1. The highest BCUT2D eigenvalue weighted by molar-refractivity contribution is 7.89. The molecule has 0 bridgehead atoms. The zero-order valence-corrected chi connectivity index (χ0v) is 19.8. The van der Waals surface area contributed by atoms with Crippen molar-refractivity contribution in [2.24, 2.45) is 5.92 Å². The first-order chi connectivity index (χ1) is 15.2. The molecule has 2 aromatic carbocycles. The zero-order valence-electron chi connectivity index (χ0n) is 18.3. The molecule has 8 nitrogen and oxygen atoms in total. The van der Waals surface area contributed by atoms with Crippen LogP contribution >= 0.6 is 11.6 Å². The van der Waals surface area contributed by atoms with Gasteiger partial charge in [0, 0.05) is 25.2 Å². The van der Waals surface area contributed by atoms with Gasteiger partial charge in [-0.15, -0.1) is 0 Å². The maximum absolute atomic E-state index is 12.8. The first-order valence-corrected chi connectivity index (χ1v) is 12.0. The molecule has 1 aliphatic rings. The number of benzene rings is 2. The maximum atomic E-state index is 12.8. The molecule has 2 aromatic rings. The number of hydrogen-bond donors (Lipinski definition) is 1. The molecule has 0 saturated carbocycles. The molecule has 0 aromatic heterocycles. The van der Waals surface area contributed by atoms with Crippen molar-refractivity contribution in [2.45, 2.75) is 24.7 Å². The summed E-state index contributed by atoms with van der Waals surface area (Å²) in [6.45, 7) is 2.91. The molecule has 0 radical (unpaired) electrons. The third kappa shape index (κ3) is 5.65. The van der Waals surface area contributed by atoms with E-state index in [0.29, 0.717) is 47.0 Å². The van der Waals surface area contributed by atoms with E-state index in [9.17, 15) is 13.2 Å². The van der Waals surface area contributed by atoms with Crippen LogP contribution in [0.5, 0.6) is 17.2 Å². The van der Waals surface area contributed by atoms with Crippen LogP contribution in [0.3, 0.4) is 0 Å².